The van der Waals surface area contributed by atoms with Gasteiger partial charge in [0.1, 0.15) is 5.54 Å². The molecule has 0 saturated carbocycles. The van der Waals surface area contributed by atoms with E-state index in [0.29, 0.717) is 16.7 Å². The summed E-state index contributed by atoms with van der Waals surface area (Å²) in [4.78, 5) is 12.2. The number of carbonyl (C=O) groups is 1. The molecule has 0 bridgehead atoms. The van der Waals surface area contributed by atoms with Gasteiger partial charge in [-0.2, -0.15) is 5.26 Å². The minimum Gasteiger partial charge on any atom is -0.457 e. The Kier molecular flexibility index (Phi) is 4.81. The average molecular weight is 347 g/mol. The predicted octanol–water partition coefficient (Wildman–Crippen LogP) is 3.69. The molecule has 0 fully saturated rings. The van der Waals surface area contributed by atoms with E-state index >= 15 is 0 Å². The van der Waals surface area contributed by atoms with Crippen LogP contribution in [0.15, 0.2) is 51.7 Å². The topological polar surface area (TPSA) is 66.0 Å². The number of hydrogen-bond donors (Lipinski definition) is 1. The number of benzene rings is 1. The molecule has 0 aliphatic carbocycles. The molecule has 1 N–H and O–H groups in total. The predicted molar refractivity (Wildman–Crippen MR) is 82.7 cm³/mol. The molecule has 1 heterocycles. The monoisotopic (exact) mass is 346 g/mol. The van der Waals surface area contributed by atoms with E-state index in [1.165, 1.54) is 6.26 Å². The number of rotatable bonds is 5. The lowest BCUT2D eigenvalue weighted by Gasteiger charge is -2.23. The van der Waals surface area contributed by atoms with Crippen LogP contribution < -0.4 is 5.32 Å². The maximum atomic E-state index is 12.2. The first kappa shape index (κ1) is 15.3. The molecule has 1 amide bonds. The van der Waals surface area contributed by atoms with Crippen molar-refractivity contribution in [3.8, 4) is 6.07 Å². The molecule has 5 heteroatoms. The summed E-state index contributed by atoms with van der Waals surface area (Å²) in [7, 11) is 0. The van der Waals surface area contributed by atoms with Crippen molar-refractivity contribution in [1.82, 2.24) is 5.32 Å². The van der Waals surface area contributed by atoms with E-state index in [1.54, 1.807) is 13.0 Å². The Labute approximate surface area is 131 Å². The molecule has 1 unspecified atom stereocenters. The lowest BCUT2D eigenvalue weighted by Crippen LogP contribution is -2.45. The van der Waals surface area contributed by atoms with Gasteiger partial charge in [-0.05, 0) is 47.3 Å². The molecule has 2 rings (SSSR count). The van der Waals surface area contributed by atoms with Gasteiger partial charge in [0.15, 0.2) is 4.67 Å². The molecule has 108 valence electrons. The number of halogens is 1. The van der Waals surface area contributed by atoms with Gasteiger partial charge in [-0.15, -0.1) is 0 Å². The molecule has 0 saturated heterocycles. The van der Waals surface area contributed by atoms with E-state index in [0.717, 1.165) is 12.0 Å². The largest absolute Gasteiger partial charge is 0.457 e. The van der Waals surface area contributed by atoms with Gasteiger partial charge in [0, 0.05) is 0 Å². The summed E-state index contributed by atoms with van der Waals surface area (Å²) in [5.74, 6) is -0.326. The molecular weight excluding hydrogens is 332 g/mol. The van der Waals surface area contributed by atoms with Crippen molar-refractivity contribution in [1.29, 1.82) is 5.26 Å². The highest BCUT2D eigenvalue weighted by atomic mass is 79.9. The van der Waals surface area contributed by atoms with Crippen molar-refractivity contribution >= 4 is 21.8 Å². The lowest BCUT2D eigenvalue weighted by molar-refractivity contribution is 0.0920. The highest BCUT2D eigenvalue weighted by Crippen LogP contribution is 2.20. The van der Waals surface area contributed by atoms with Crippen LogP contribution in [0.25, 0.3) is 0 Å². The fourth-order valence-corrected chi connectivity index (χ4v) is 2.38. The van der Waals surface area contributed by atoms with Crippen LogP contribution in [0.3, 0.4) is 0 Å². The number of hydrogen-bond acceptors (Lipinski definition) is 3. The Morgan fingerprint density at radius 2 is 2.10 bits per heavy atom. The van der Waals surface area contributed by atoms with Crippen LogP contribution in [0.4, 0.5) is 0 Å². The van der Waals surface area contributed by atoms with E-state index < -0.39 is 5.54 Å². The van der Waals surface area contributed by atoms with Crippen molar-refractivity contribution < 1.29 is 9.21 Å². The number of carbonyl (C=O) groups excluding carboxylic acids is 1. The second-order valence-corrected chi connectivity index (χ2v) is 5.71. The average Bonchev–Trinajstić information content (AvgIpc) is 2.92. The minimum absolute atomic E-state index is 0.326. The molecule has 4 nitrogen and oxygen atoms in total. The zero-order valence-electron chi connectivity index (χ0n) is 11.6. The fraction of sp³-hybridized carbons (Fsp3) is 0.250. The summed E-state index contributed by atoms with van der Waals surface area (Å²) < 4.78 is 5.40. The highest BCUT2D eigenvalue weighted by Gasteiger charge is 2.27. The normalized spacial score (nSPS) is 13.2. The SMILES string of the molecule is CC(C#N)(CCc1ccccc1)NC(=O)c1ccoc1Br. The molecule has 1 aromatic carbocycles. The van der Waals surface area contributed by atoms with E-state index in [4.69, 9.17) is 4.42 Å². The Hall–Kier alpha value is -2.06. The second kappa shape index (κ2) is 6.59. The zero-order valence-corrected chi connectivity index (χ0v) is 13.2. The van der Waals surface area contributed by atoms with Gasteiger partial charge in [-0.1, -0.05) is 30.3 Å². The van der Waals surface area contributed by atoms with E-state index in [2.05, 4.69) is 27.3 Å². The number of nitrogens with one attached hydrogen (secondary N) is 1. The quantitative estimate of drug-likeness (QED) is 0.897. The minimum atomic E-state index is -0.927. The number of furan rings is 1. The van der Waals surface area contributed by atoms with Gasteiger partial charge in [-0.25, -0.2) is 0 Å². The zero-order chi connectivity index (χ0) is 15.3. The first-order valence-corrected chi connectivity index (χ1v) is 7.34. The van der Waals surface area contributed by atoms with Crippen LogP contribution in [0.5, 0.6) is 0 Å². The number of amides is 1. The van der Waals surface area contributed by atoms with Crippen LogP contribution in [0.2, 0.25) is 0 Å². The fourth-order valence-electron chi connectivity index (χ4n) is 1.96. The molecule has 2 aromatic rings. The van der Waals surface area contributed by atoms with Crippen molar-refractivity contribution in [2.45, 2.75) is 25.3 Å². The number of nitriles is 1. The van der Waals surface area contributed by atoms with Crippen LogP contribution >= 0.6 is 15.9 Å². The van der Waals surface area contributed by atoms with Crippen molar-refractivity contribution in [3.63, 3.8) is 0 Å². The molecule has 1 aromatic heterocycles. The maximum Gasteiger partial charge on any atom is 0.256 e. The molecule has 0 spiro atoms. The third-order valence-electron chi connectivity index (χ3n) is 3.26. The van der Waals surface area contributed by atoms with Crippen molar-refractivity contribution in [2.75, 3.05) is 0 Å². The molecule has 0 aliphatic rings. The Morgan fingerprint density at radius 1 is 1.38 bits per heavy atom. The summed E-state index contributed by atoms with van der Waals surface area (Å²) in [6, 6.07) is 13.6. The lowest BCUT2D eigenvalue weighted by atomic mass is 9.94. The van der Waals surface area contributed by atoms with Crippen molar-refractivity contribution in [3.05, 3.63) is 58.5 Å². The summed E-state index contributed by atoms with van der Waals surface area (Å²) in [5, 5.41) is 12.1. The van der Waals surface area contributed by atoms with Gasteiger partial charge in [-0.3, -0.25) is 4.79 Å². The van der Waals surface area contributed by atoms with Crippen LogP contribution in [0, 0.1) is 11.3 Å². The van der Waals surface area contributed by atoms with Crippen molar-refractivity contribution in [2.24, 2.45) is 0 Å². The Morgan fingerprint density at radius 3 is 2.67 bits per heavy atom. The van der Waals surface area contributed by atoms with E-state index in [-0.39, 0.29) is 5.91 Å². The third kappa shape index (κ3) is 3.96. The van der Waals surface area contributed by atoms with Crippen LogP contribution in [-0.2, 0) is 6.42 Å². The highest BCUT2D eigenvalue weighted by molar-refractivity contribution is 9.10. The second-order valence-electron chi connectivity index (χ2n) is 4.99. The van der Waals surface area contributed by atoms with Gasteiger partial charge >= 0.3 is 0 Å². The van der Waals surface area contributed by atoms with Gasteiger partial charge in [0.05, 0.1) is 17.9 Å². The first-order chi connectivity index (χ1) is 10.0. The smallest absolute Gasteiger partial charge is 0.256 e. The van der Waals surface area contributed by atoms with E-state index in [9.17, 15) is 10.1 Å². The van der Waals surface area contributed by atoms with Gasteiger partial charge in [0.25, 0.3) is 5.91 Å². The summed E-state index contributed by atoms with van der Waals surface area (Å²) in [6.07, 6.45) is 2.68. The maximum absolute atomic E-state index is 12.2. The standard InChI is InChI=1S/C16H15BrN2O2/c1-16(11-18,9-7-12-5-3-2-4-6-12)19-15(20)13-8-10-21-14(13)17/h2-6,8,10H,7,9H2,1H3,(H,19,20). The summed E-state index contributed by atoms with van der Waals surface area (Å²) >= 11 is 3.16. The Balaban J connectivity index is 2.03. The summed E-state index contributed by atoms with van der Waals surface area (Å²) in [6.45, 7) is 1.72. The van der Waals surface area contributed by atoms with Crippen LogP contribution in [-0.4, -0.2) is 11.4 Å². The molecule has 0 aliphatic heterocycles. The molecule has 1 atom stereocenters. The van der Waals surface area contributed by atoms with Gasteiger partial charge < -0.3 is 9.73 Å². The number of aryl methyl sites for hydroxylation is 1. The number of nitrogens with zero attached hydrogens (tertiary/aromatic N) is 1. The molecular formula is C16H15BrN2O2. The molecule has 0 radical (unpaired) electrons. The Bertz CT molecular complexity index is 660. The van der Waals surface area contributed by atoms with Gasteiger partial charge in [0.2, 0.25) is 0 Å². The molecule has 21 heavy (non-hydrogen) atoms. The van der Waals surface area contributed by atoms with Crippen LogP contribution in [0.1, 0.15) is 29.3 Å². The first-order valence-electron chi connectivity index (χ1n) is 6.55. The third-order valence-corrected chi connectivity index (χ3v) is 3.87. The summed E-state index contributed by atoms with van der Waals surface area (Å²) in [5.41, 5.74) is 0.595. The van der Waals surface area contributed by atoms with E-state index in [1.807, 2.05) is 30.3 Å².